The van der Waals surface area contributed by atoms with E-state index in [1.165, 1.54) is 36.4 Å². The van der Waals surface area contributed by atoms with Crippen molar-refractivity contribution >= 4 is 29.3 Å². The van der Waals surface area contributed by atoms with E-state index in [-0.39, 0.29) is 30.8 Å². The van der Waals surface area contributed by atoms with Crippen molar-refractivity contribution in [1.29, 1.82) is 0 Å². The smallest absolute Gasteiger partial charge is 0.287 e. The zero-order valence-electron chi connectivity index (χ0n) is 24.9. The van der Waals surface area contributed by atoms with E-state index in [1.807, 2.05) is 12.1 Å². The summed E-state index contributed by atoms with van der Waals surface area (Å²) in [6.07, 6.45) is 7.99. The number of nitrogens with zero attached hydrogens (tertiary/aromatic N) is 3. The highest BCUT2D eigenvalue weighted by Crippen LogP contribution is 2.27. The van der Waals surface area contributed by atoms with Crippen molar-refractivity contribution < 1.29 is 32.1 Å². The quantitative estimate of drug-likeness (QED) is 0.131. The molecule has 0 aliphatic rings. The van der Waals surface area contributed by atoms with Gasteiger partial charge in [0.05, 0.1) is 30.5 Å². The summed E-state index contributed by atoms with van der Waals surface area (Å²) >= 11 is 1.52. The molecule has 0 fully saturated rings. The molecule has 2 N–H and O–H groups in total. The summed E-state index contributed by atoms with van der Waals surface area (Å²) in [5.74, 6) is 1.76. The molecule has 2 amide bonds. The molecule has 1 aromatic carbocycles. The van der Waals surface area contributed by atoms with Crippen molar-refractivity contribution in [2.45, 2.75) is 24.7 Å². The van der Waals surface area contributed by atoms with Crippen LogP contribution in [0.25, 0.3) is 22.6 Å². The lowest BCUT2D eigenvalue weighted by molar-refractivity contribution is -0.121. The van der Waals surface area contributed by atoms with E-state index in [0.29, 0.717) is 57.8 Å². The van der Waals surface area contributed by atoms with Crippen LogP contribution >= 0.6 is 11.8 Å². The van der Waals surface area contributed by atoms with Crippen molar-refractivity contribution in [2.75, 3.05) is 11.9 Å². The van der Waals surface area contributed by atoms with Gasteiger partial charge in [-0.2, -0.15) is 0 Å². The van der Waals surface area contributed by atoms with Crippen molar-refractivity contribution in [1.82, 2.24) is 20.4 Å². The van der Waals surface area contributed by atoms with Gasteiger partial charge in [0.2, 0.25) is 11.7 Å². The Morgan fingerprint density at radius 2 is 1.83 bits per heavy atom. The summed E-state index contributed by atoms with van der Waals surface area (Å²) < 4.78 is 36.3. The number of rotatable bonds is 14. The lowest BCUT2D eigenvalue weighted by Gasteiger charge is -2.09. The second-order valence-corrected chi connectivity index (χ2v) is 11.3. The van der Waals surface area contributed by atoms with Crippen molar-refractivity contribution in [3.05, 3.63) is 132 Å². The van der Waals surface area contributed by atoms with Gasteiger partial charge in [-0.1, -0.05) is 17.3 Å². The summed E-state index contributed by atoms with van der Waals surface area (Å²) in [6.45, 7) is 0.198. The number of thioether (sulfide) groups is 1. The molecular formula is C34H28FN5O6S. The molecule has 0 bridgehead atoms. The van der Waals surface area contributed by atoms with Crippen LogP contribution in [0, 0.1) is 5.82 Å². The standard InChI is InChI=1S/C34H28FN5O6S/c35-26-10-23(20-47-21-29-5-6-31(45-29)34(42)38-15-22-3-1-7-36-14-22)9-24(11-26)25-12-27(17-37-16-25)39-33(41)19-43-18-28-13-32(46-40-28)30-4-2-8-44-30/h1-14,16-17H,15,18-21H2,(H,38,42)(H,39,41). The average molecular weight is 654 g/mol. The first kappa shape index (κ1) is 31.5. The number of nitrogens with one attached hydrogen (secondary N) is 2. The Morgan fingerprint density at radius 1 is 0.894 bits per heavy atom. The van der Waals surface area contributed by atoms with Gasteiger partial charge in [-0.05, 0) is 65.2 Å². The molecule has 0 spiro atoms. The molecule has 5 aromatic heterocycles. The Bertz CT molecular complexity index is 1940. The number of halogens is 1. The van der Waals surface area contributed by atoms with E-state index in [0.717, 1.165) is 11.1 Å². The highest BCUT2D eigenvalue weighted by atomic mass is 32.2. The van der Waals surface area contributed by atoms with Crippen LogP contribution in [-0.2, 0) is 34.2 Å². The highest BCUT2D eigenvalue weighted by molar-refractivity contribution is 7.97. The van der Waals surface area contributed by atoms with E-state index in [1.54, 1.807) is 61.1 Å². The number of hydrogen-bond acceptors (Lipinski definition) is 10. The average Bonchev–Trinajstić information content (AvgIpc) is 3.87. The Morgan fingerprint density at radius 3 is 2.68 bits per heavy atom. The van der Waals surface area contributed by atoms with Crippen LogP contribution in [0.4, 0.5) is 10.1 Å². The zero-order valence-corrected chi connectivity index (χ0v) is 25.7. The number of amides is 2. The fraction of sp³-hybridized carbons (Fsp3) is 0.147. The molecule has 0 radical (unpaired) electrons. The van der Waals surface area contributed by atoms with Gasteiger partial charge in [0.25, 0.3) is 5.91 Å². The van der Waals surface area contributed by atoms with E-state index in [2.05, 4.69) is 25.8 Å². The van der Waals surface area contributed by atoms with Crippen LogP contribution in [0.1, 0.15) is 33.1 Å². The molecule has 0 aliphatic heterocycles. The fourth-order valence-corrected chi connectivity index (χ4v) is 5.41. The summed E-state index contributed by atoms with van der Waals surface area (Å²) in [7, 11) is 0. The number of benzene rings is 1. The first-order valence-corrected chi connectivity index (χ1v) is 15.6. The molecule has 6 aromatic rings. The minimum absolute atomic E-state index is 0.0727. The van der Waals surface area contributed by atoms with E-state index < -0.39 is 5.82 Å². The summed E-state index contributed by atoms with van der Waals surface area (Å²) in [6, 6.07) is 18.7. The number of hydrogen-bond donors (Lipinski definition) is 2. The molecule has 0 unspecified atom stereocenters. The largest absolute Gasteiger partial charge is 0.461 e. The maximum atomic E-state index is 14.6. The minimum atomic E-state index is -0.394. The summed E-state index contributed by atoms with van der Waals surface area (Å²) in [5.41, 5.74) is 3.85. The number of ether oxygens (including phenoxy) is 1. The number of carbonyl (C=O) groups excluding carboxylic acids is 2. The van der Waals surface area contributed by atoms with Gasteiger partial charge in [0.1, 0.15) is 23.9 Å². The maximum absolute atomic E-state index is 14.6. The van der Waals surface area contributed by atoms with Crippen LogP contribution in [0.2, 0.25) is 0 Å². The molecular weight excluding hydrogens is 625 g/mol. The minimum Gasteiger partial charge on any atom is -0.461 e. The van der Waals surface area contributed by atoms with E-state index in [9.17, 15) is 14.0 Å². The number of furan rings is 2. The molecule has 13 heteroatoms. The second kappa shape index (κ2) is 15.2. The van der Waals surface area contributed by atoms with Gasteiger partial charge < -0.3 is 28.7 Å². The molecule has 6 rings (SSSR count). The first-order chi connectivity index (χ1) is 23.0. The van der Waals surface area contributed by atoms with Crippen molar-refractivity contribution in [2.24, 2.45) is 0 Å². The van der Waals surface area contributed by atoms with E-state index >= 15 is 0 Å². The SMILES string of the molecule is O=C(COCc1cc(-c2ccco2)on1)Nc1cncc(-c2cc(F)cc(CSCc3ccc(C(=O)NCc4cccnc4)o3)c2)c1. The van der Waals surface area contributed by atoms with Gasteiger partial charge in [0, 0.05) is 42.5 Å². The second-order valence-electron chi connectivity index (χ2n) is 10.3. The number of carbonyl (C=O) groups is 2. The van der Waals surface area contributed by atoms with Gasteiger partial charge in [-0.25, -0.2) is 4.39 Å². The molecule has 0 saturated heterocycles. The Balaban J connectivity index is 0.980. The molecule has 5 heterocycles. The third-order valence-corrected chi connectivity index (χ3v) is 7.72. The molecule has 0 saturated carbocycles. The number of aromatic nitrogens is 3. The van der Waals surface area contributed by atoms with Gasteiger partial charge in [-0.3, -0.25) is 19.6 Å². The normalized spacial score (nSPS) is 11.0. The Kier molecular flexibility index (Phi) is 10.2. The molecule has 47 heavy (non-hydrogen) atoms. The predicted octanol–water partition coefficient (Wildman–Crippen LogP) is 6.64. The Labute approximate surface area is 272 Å². The van der Waals surface area contributed by atoms with E-state index in [4.69, 9.17) is 18.1 Å². The monoisotopic (exact) mass is 653 g/mol. The van der Waals surface area contributed by atoms with Crippen molar-refractivity contribution in [3.63, 3.8) is 0 Å². The maximum Gasteiger partial charge on any atom is 0.287 e. The van der Waals surface area contributed by atoms with Gasteiger partial charge in [-0.15, -0.1) is 11.8 Å². The highest BCUT2D eigenvalue weighted by Gasteiger charge is 2.13. The lowest BCUT2D eigenvalue weighted by atomic mass is 10.0. The third-order valence-electron chi connectivity index (χ3n) is 6.69. The number of pyridine rings is 2. The van der Waals surface area contributed by atoms with Crippen molar-refractivity contribution in [3.8, 4) is 22.6 Å². The van der Waals surface area contributed by atoms with Crippen LogP contribution in [0.5, 0.6) is 0 Å². The van der Waals surface area contributed by atoms with Gasteiger partial charge >= 0.3 is 0 Å². The van der Waals surface area contributed by atoms with Crippen LogP contribution in [-0.4, -0.2) is 33.5 Å². The summed E-state index contributed by atoms with van der Waals surface area (Å²) in [5, 5.41) is 9.47. The molecule has 0 aliphatic carbocycles. The van der Waals surface area contributed by atoms with Crippen LogP contribution in [0.15, 0.2) is 111 Å². The van der Waals surface area contributed by atoms with Crippen LogP contribution < -0.4 is 10.6 Å². The molecule has 11 nitrogen and oxygen atoms in total. The van der Waals surface area contributed by atoms with Crippen LogP contribution in [0.3, 0.4) is 0 Å². The zero-order chi connectivity index (χ0) is 32.4. The number of anilines is 1. The summed E-state index contributed by atoms with van der Waals surface area (Å²) in [4.78, 5) is 33.2. The Hall–Kier alpha value is -5.53. The third kappa shape index (κ3) is 8.81. The fourth-order valence-electron chi connectivity index (χ4n) is 4.55. The predicted molar refractivity (Wildman–Crippen MR) is 171 cm³/mol. The van der Waals surface area contributed by atoms with Gasteiger partial charge in [0.15, 0.2) is 11.5 Å². The lowest BCUT2D eigenvalue weighted by Crippen LogP contribution is -2.22. The topological polar surface area (TPSA) is 146 Å². The first-order valence-electron chi connectivity index (χ1n) is 14.4. The molecule has 0 atom stereocenters. The molecule has 238 valence electrons.